The lowest BCUT2D eigenvalue weighted by molar-refractivity contribution is -0.137. The highest BCUT2D eigenvalue weighted by Gasteiger charge is 2.30. The molecule has 0 unspecified atom stereocenters. The molecule has 0 aliphatic heterocycles. The molecule has 1 aromatic carbocycles. The van der Waals surface area contributed by atoms with E-state index in [1.54, 1.807) is 6.92 Å². The molecule has 0 fully saturated rings. The van der Waals surface area contributed by atoms with Gasteiger partial charge in [-0.2, -0.15) is 13.2 Å². The van der Waals surface area contributed by atoms with Gasteiger partial charge in [0.1, 0.15) is 0 Å². The number of aryl methyl sites for hydroxylation is 1. The molecule has 1 nitrogen and oxygen atoms in total. The van der Waals surface area contributed by atoms with Gasteiger partial charge in [-0.15, -0.1) is 0 Å². The van der Waals surface area contributed by atoms with Gasteiger partial charge in [-0.1, -0.05) is 13.0 Å². The first kappa shape index (κ1) is 11.8. The van der Waals surface area contributed by atoms with Crippen molar-refractivity contribution in [2.45, 2.75) is 26.4 Å². The first-order valence-corrected chi connectivity index (χ1v) is 4.57. The molecule has 0 radical (unpaired) electrons. The van der Waals surface area contributed by atoms with Gasteiger partial charge in [-0.3, -0.25) is 4.79 Å². The number of Topliss-reactive ketones (excluding diaryl/α,β-unsaturated/α-hetero) is 1. The largest absolute Gasteiger partial charge is 0.416 e. The number of hydrogen-bond acceptors (Lipinski definition) is 1. The molecule has 0 aliphatic carbocycles. The highest BCUT2D eigenvalue weighted by molar-refractivity contribution is 5.97. The Morgan fingerprint density at radius 2 is 1.93 bits per heavy atom. The minimum Gasteiger partial charge on any atom is -0.294 e. The summed E-state index contributed by atoms with van der Waals surface area (Å²) in [5.41, 5.74) is 0.0230. The van der Waals surface area contributed by atoms with E-state index in [2.05, 4.69) is 0 Å². The molecule has 82 valence electrons. The Morgan fingerprint density at radius 3 is 2.33 bits per heavy atom. The molecular formula is C11H11F3O. The number of carbonyl (C=O) groups is 1. The Hall–Kier alpha value is -1.32. The molecular weight excluding hydrogens is 205 g/mol. The summed E-state index contributed by atoms with van der Waals surface area (Å²) in [4.78, 5) is 11.3. The van der Waals surface area contributed by atoms with Gasteiger partial charge >= 0.3 is 6.18 Å². The van der Waals surface area contributed by atoms with E-state index in [0.29, 0.717) is 17.5 Å². The van der Waals surface area contributed by atoms with E-state index in [0.717, 1.165) is 12.1 Å². The van der Waals surface area contributed by atoms with Crippen LogP contribution in [0.25, 0.3) is 0 Å². The van der Waals surface area contributed by atoms with E-state index in [1.807, 2.05) is 0 Å². The first-order chi connectivity index (χ1) is 6.86. The van der Waals surface area contributed by atoms with Crippen LogP contribution >= 0.6 is 0 Å². The normalized spacial score (nSPS) is 11.5. The zero-order valence-corrected chi connectivity index (χ0v) is 8.48. The van der Waals surface area contributed by atoms with Crippen LogP contribution in [0.5, 0.6) is 0 Å². The van der Waals surface area contributed by atoms with E-state index < -0.39 is 11.7 Å². The Kier molecular flexibility index (Phi) is 3.17. The number of alkyl halides is 3. The van der Waals surface area contributed by atoms with E-state index >= 15 is 0 Å². The van der Waals surface area contributed by atoms with Crippen molar-refractivity contribution in [2.75, 3.05) is 0 Å². The molecule has 1 rings (SSSR count). The Morgan fingerprint density at radius 1 is 1.33 bits per heavy atom. The minimum absolute atomic E-state index is 0.138. The van der Waals surface area contributed by atoms with Crippen LogP contribution in [-0.2, 0) is 6.18 Å². The molecule has 0 saturated heterocycles. The lowest BCUT2D eigenvalue weighted by Crippen LogP contribution is -2.07. The summed E-state index contributed by atoms with van der Waals surface area (Å²) in [6.45, 7) is 3.19. The Balaban J connectivity index is 3.15. The van der Waals surface area contributed by atoms with Gasteiger partial charge in [-0.05, 0) is 24.6 Å². The average Bonchev–Trinajstić information content (AvgIpc) is 2.15. The molecule has 0 aromatic heterocycles. The Labute approximate surface area is 85.9 Å². The molecule has 0 N–H and O–H groups in total. The predicted octanol–water partition coefficient (Wildman–Crippen LogP) is 3.61. The second-order valence-electron chi connectivity index (χ2n) is 3.30. The summed E-state index contributed by atoms with van der Waals surface area (Å²) < 4.78 is 36.9. The fraction of sp³-hybridized carbons (Fsp3) is 0.364. The van der Waals surface area contributed by atoms with Gasteiger partial charge in [0, 0.05) is 12.0 Å². The number of carbonyl (C=O) groups excluding carboxylic acids is 1. The monoisotopic (exact) mass is 216 g/mol. The molecule has 0 atom stereocenters. The van der Waals surface area contributed by atoms with Crippen molar-refractivity contribution in [3.05, 3.63) is 34.9 Å². The highest BCUT2D eigenvalue weighted by atomic mass is 19.4. The van der Waals surface area contributed by atoms with Crippen LogP contribution in [-0.4, -0.2) is 5.78 Å². The third-order valence-electron chi connectivity index (χ3n) is 2.18. The zero-order valence-electron chi connectivity index (χ0n) is 8.48. The topological polar surface area (TPSA) is 17.1 Å². The van der Waals surface area contributed by atoms with Gasteiger partial charge in [0.15, 0.2) is 5.78 Å². The van der Waals surface area contributed by atoms with Crippen LogP contribution in [0.3, 0.4) is 0 Å². The van der Waals surface area contributed by atoms with Crippen molar-refractivity contribution in [1.29, 1.82) is 0 Å². The third-order valence-corrected chi connectivity index (χ3v) is 2.18. The van der Waals surface area contributed by atoms with E-state index in [-0.39, 0.29) is 5.78 Å². The van der Waals surface area contributed by atoms with Crippen molar-refractivity contribution in [3.8, 4) is 0 Å². The summed E-state index contributed by atoms with van der Waals surface area (Å²) >= 11 is 0. The smallest absolute Gasteiger partial charge is 0.294 e. The second kappa shape index (κ2) is 4.04. The lowest BCUT2D eigenvalue weighted by Gasteiger charge is -2.09. The van der Waals surface area contributed by atoms with Crippen molar-refractivity contribution < 1.29 is 18.0 Å². The Bertz CT molecular complexity index is 380. The maximum Gasteiger partial charge on any atom is 0.416 e. The fourth-order valence-electron chi connectivity index (χ4n) is 1.34. The first-order valence-electron chi connectivity index (χ1n) is 4.57. The number of ketones is 1. The van der Waals surface area contributed by atoms with Crippen molar-refractivity contribution >= 4 is 5.78 Å². The SMILES string of the molecule is CCC(=O)c1ccc(C(F)(F)F)cc1C. The molecule has 0 saturated carbocycles. The summed E-state index contributed by atoms with van der Waals surface area (Å²) in [6, 6.07) is 3.18. The van der Waals surface area contributed by atoms with Crippen LogP contribution in [0.2, 0.25) is 0 Å². The van der Waals surface area contributed by atoms with Gasteiger partial charge in [0.2, 0.25) is 0 Å². The quantitative estimate of drug-likeness (QED) is 0.690. The van der Waals surface area contributed by atoms with Crippen LogP contribution in [0.4, 0.5) is 13.2 Å². The molecule has 15 heavy (non-hydrogen) atoms. The fourth-order valence-corrected chi connectivity index (χ4v) is 1.34. The molecule has 0 aliphatic rings. The lowest BCUT2D eigenvalue weighted by atomic mass is 10.0. The maximum atomic E-state index is 12.3. The van der Waals surface area contributed by atoms with Gasteiger partial charge in [-0.25, -0.2) is 0 Å². The summed E-state index contributed by atoms with van der Waals surface area (Å²) in [7, 11) is 0. The number of benzene rings is 1. The maximum absolute atomic E-state index is 12.3. The summed E-state index contributed by atoms with van der Waals surface area (Å²) in [5, 5.41) is 0. The molecule has 1 aromatic rings. The molecule has 0 spiro atoms. The van der Waals surface area contributed by atoms with Crippen LogP contribution < -0.4 is 0 Å². The second-order valence-corrected chi connectivity index (χ2v) is 3.30. The minimum atomic E-state index is -4.35. The van der Waals surface area contributed by atoms with E-state index in [1.165, 1.54) is 13.0 Å². The average molecular weight is 216 g/mol. The third kappa shape index (κ3) is 2.58. The van der Waals surface area contributed by atoms with Crippen molar-refractivity contribution in [2.24, 2.45) is 0 Å². The predicted molar refractivity (Wildman–Crippen MR) is 50.8 cm³/mol. The molecule has 0 heterocycles. The van der Waals surface area contributed by atoms with Crippen molar-refractivity contribution in [3.63, 3.8) is 0 Å². The van der Waals surface area contributed by atoms with Crippen molar-refractivity contribution in [1.82, 2.24) is 0 Å². The van der Waals surface area contributed by atoms with Crippen LogP contribution in [0.1, 0.15) is 34.8 Å². The standard InChI is InChI=1S/C11H11F3O/c1-3-10(15)9-5-4-8(6-7(9)2)11(12,13)14/h4-6H,3H2,1-2H3. The van der Waals surface area contributed by atoms with Crippen LogP contribution in [0, 0.1) is 6.92 Å². The number of hydrogen-bond donors (Lipinski definition) is 0. The van der Waals surface area contributed by atoms with E-state index in [4.69, 9.17) is 0 Å². The number of halogens is 3. The molecule has 4 heteroatoms. The van der Waals surface area contributed by atoms with Gasteiger partial charge < -0.3 is 0 Å². The zero-order chi connectivity index (χ0) is 11.6. The highest BCUT2D eigenvalue weighted by Crippen LogP contribution is 2.30. The molecule has 0 amide bonds. The van der Waals surface area contributed by atoms with Crippen LogP contribution in [0.15, 0.2) is 18.2 Å². The van der Waals surface area contributed by atoms with Gasteiger partial charge in [0.05, 0.1) is 5.56 Å². The molecule has 0 bridgehead atoms. The van der Waals surface area contributed by atoms with Gasteiger partial charge in [0.25, 0.3) is 0 Å². The summed E-state index contributed by atoms with van der Waals surface area (Å²) in [5.74, 6) is -0.138. The summed E-state index contributed by atoms with van der Waals surface area (Å²) in [6.07, 6.45) is -4.05. The van der Waals surface area contributed by atoms with E-state index in [9.17, 15) is 18.0 Å². The number of rotatable bonds is 2.